The average molecular weight is 284 g/mol. The monoisotopic (exact) mass is 284 g/mol. The molecule has 3 unspecified atom stereocenters. The largest absolute Gasteiger partial charge is 0.373 e. The van der Waals surface area contributed by atoms with Crippen molar-refractivity contribution in [3.05, 3.63) is 41.6 Å². The number of nitrogens with zero attached hydrogens (tertiary/aromatic N) is 1. The molecule has 0 amide bonds. The molecular formula is C18H24N2O. The maximum Gasteiger partial charge on any atom is 0.0774 e. The van der Waals surface area contributed by atoms with Crippen LogP contribution in [0.4, 0.5) is 0 Å². The molecule has 0 aliphatic carbocycles. The van der Waals surface area contributed by atoms with E-state index >= 15 is 0 Å². The molecule has 0 bridgehead atoms. The van der Waals surface area contributed by atoms with Crippen molar-refractivity contribution in [2.75, 3.05) is 6.54 Å². The predicted octanol–water partition coefficient (Wildman–Crippen LogP) is 3.76. The molecule has 3 atom stereocenters. The third-order valence-corrected chi connectivity index (χ3v) is 4.27. The van der Waals surface area contributed by atoms with Crippen molar-refractivity contribution in [2.45, 2.75) is 51.9 Å². The van der Waals surface area contributed by atoms with Crippen LogP contribution in [0.25, 0.3) is 10.9 Å². The van der Waals surface area contributed by atoms with Crippen molar-refractivity contribution in [1.29, 1.82) is 0 Å². The summed E-state index contributed by atoms with van der Waals surface area (Å²) in [5, 5.41) is 4.79. The number of nitrogens with one attached hydrogen (secondary N) is 1. The number of pyridine rings is 1. The zero-order valence-electron chi connectivity index (χ0n) is 13.1. The SMILES string of the molecule is CCNC(c1ccc2nc(C)ccc2c1)C1CCC(C)O1. The number of rotatable bonds is 4. The first-order valence-electron chi connectivity index (χ1n) is 7.93. The Morgan fingerprint density at radius 3 is 2.86 bits per heavy atom. The zero-order valence-corrected chi connectivity index (χ0v) is 13.1. The standard InChI is InChI=1S/C18H24N2O/c1-4-19-18(17-10-6-13(3)21-17)15-8-9-16-14(11-15)7-5-12(2)20-16/h5,7-9,11,13,17-19H,4,6,10H2,1-3H3. The summed E-state index contributed by atoms with van der Waals surface area (Å²) in [4.78, 5) is 4.58. The van der Waals surface area contributed by atoms with E-state index in [1.54, 1.807) is 0 Å². The number of aryl methyl sites for hydroxylation is 1. The fourth-order valence-corrected chi connectivity index (χ4v) is 3.20. The first-order valence-corrected chi connectivity index (χ1v) is 7.93. The lowest BCUT2D eigenvalue weighted by atomic mass is 9.97. The zero-order chi connectivity index (χ0) is 14.8. The van der Waals surface area contributed by atoms with Gasteiger partial charge in [-0.2, -0.15) is 0 Å². The normalized spacial score (nSPS) is 23.6. The number of fused-ring (bicyclic) bond motifs is 1. The van der Waals surface area contributed by atoms with Crippen LogP contribution >= 0.6 is 0 Å². The molecule has 1 saturated heterocycles. The molecule has 0 radical (unpaired) electrons. The van der Waals surface area contributed by atoms with Gasteiger partial charge in [0, 0.05) is 11.1 Å². The number of hydrogen-bond acceptors (Lipinski definition) is 3. The minimum Gasteiger partial charge on any atom is -0.373 e. The van der Waals surface area contributed by atoms with Gasteiger partial charge in [0.05, 0.1) is 23.8 Å². The second-order valence-electron chi connectivity index (χ2n) is 6.00. The van der Waals surface area contributed by atoms with E-state index in [9.17, 15) is 0 Å². The lowest BCUT2D eigenvalue weighted by Gasteiger charge is -2.25. The molecule has 1 aromatic carbocycles. The molecule has 112 valence electrons. The van der Waals surface area contributed by atoms with Crippen molar-refractivity contribution in [2.24, 2.45) is 0 Å². The van der Waals surface area contributed by atoms with Gasteiger partial charge in [-0.05, 0) is 57.0 Å². The van der Waals surface area contributed by atoms with Crippen molar-refractivity contribution in [3.8, 4) is 0 Å². The topological polar surface area (TPSA) is 34.2 Å². The van der Waals surface area contributed by atoms with Gasteiger partial charge in [-0.1, -0.05) is 19.1 Å². The van der Waals surface area contributed by atoms with Crippen molar-refractivity contribution in [3.63, 3.8) is 0 Å². The fourth-order valence-electron chi connectivity index (χ4n) is 3.20. The number of aromatic nitrogens is 1. The molecule has 3 heteroatoms. The van der Waals surface area contributed by atoms with E-state index in [-0.39, 0.29) is 12.1 Å². The fraction of sp³-hybridized carbons (Fsp3) is 0.500. The Labute approximate surface area is 126 Å². The van der Waals surface area contributed by atoms with Crippen LogP contribution in [0.5, 0.6) is 0 Å². The van der Waals surface area contributed by atoms with Crippen molar-refractivity contribution in [1.82, 2.24) is 10.3 Å². The van der Waals surface area contributed by atoms with Crippen molar-refractivity contribution >= 4 is 10.9 Å². The minimum absolute atomic E-state index is 0.269. The number of hydrogen-bond donors (Lipinski definition) is 1. The first-order chi connectivity index (χ1) is 10.2. The van der Waals surface area contributed by atoms with Gasteiger partial charge in [0.15, 0.2) is 0 Å². The van der Waals surface area contributed by atoms with Crippen molar-refractivity contribution < 1.29 is 4.74 Å². The highest BCUT2D eigenvalue weighted by Gasteiger charge is 2.30. The first kappa shape index (κ1) is 14.5. The number of benzene rings is 1. The van der Waals surface area contributed by atoms with Crippen LogP contribution in [-0.4, -0.2) is 23.7 Å². The second kappa shape index (κ2) is 6.12. The molecule has 0 spiro atoms. The molecule has 0 saturated carbocycles. The van der Waals surface area contributed by atoms with E-state index in [0.29, 0.717) is 6.10 Å². The quantitative estimate of drug-likeness (QED) is 0.928. The molecule has 3 nitrogen and oxygen atoms in total. The van der Waals surface area contributed by atoms with Gasteiger partial charge >= 0.3 is 0 Å². The van der Waals surface area contributed by atoms with Gasteiger partial charge in [-0.15, -0.1) is 0 Å². The third kappa shape index (κ3) is 3.09. The van der Waals surface area contributed by atoms with Crippen LogP contribution in [0.3, 0.4) is 0 Å². The van der Waals surface area contributed by atoms with Crippen LogP contribution in [0.1, 0.15) is 44.0 Å². The van der Waals surface area contributed by atoms with E-state index in [1.165, 1.54) is 10.9 Å². The maximum atomic E-state index is 6.08. The van der Waals surface area contributed by atoms with Gasteiger partial charge < -0.3 is 10.1 Å². The van der Waals surface area contributed by atoms with Crippen LogP contribution in [0.2, 0.25) is 0 Å². The van der Waals surface area contributed by atoms with Gasteiger partial charge in [-0.25, -0.2) is 0 Å². The van der Waals surface area contributed by atoms with E-state index in [4.69, 9.17) is 4.74 Å². The Hall–Kier alpha value is -1.45. The third-order valence-electron chi connectivity index (χ3n) is 4.27. The summed E-state index contributed by atoms with van der Waals surface area (Å²) < 4.78 is 6.08. The smallest absolute Gasteiger partial charge is 0.0774 e. The summed E-state index contributed by atoms with van der Waals surface area (Å²) in [6, 6.07) is 11.1. The van der Waals surface area contributed by atoms with Crippen LogP contribution < -0.4 is 5.32 Å². The Bertz CT molecular complexity index is 626. The highest BCUT2D eigenvalue weighted by Crippen LogP contribution is 2.31. The highest BCUT2D eigenvalue weighted by atomic mass is 16.5. The molecule has 1 aromatic heterocycles. The van der Waals surface area contributed by atoms with E-state index in [0.717, 1.165) is 30.6 Å². The molecule has 21 heavy (non-hydrogen) atoms. The van der Waals surface area contributed by atoms with Gasteiger partial charge in [0.1, 0.15) is 0 Å². The van der Waals surface area contributed by atoms with Crippen LogP contribution in [-0.2, 0) is 4.74 Å². The van der Waals surface area contributed by atoms with Crippen LogP contribution in [0, 0.1) is 6.92 Å². The summed E-state index contributed by atoms with van der Waals surface area (Å²) in [6.07, 6.45) is 2.93. The summed E-state index contributed by atoms with van der Waals surface area (Å²) in [5.74, 6) is 0. The average Bonchev–Trinajstić information content (AvgIpc) is 2.90. The predicted molar refractivity (Wildman–Crippen MR) is 86.5 cm³/mol. The van der Waals surface area contributed by atoms with Crippen LogP contribution in [0.15, 0.2) is 30.3 Å². The summed E-state index contributed by atoms with van der Waals surface area (Å²) >= 11 is 0. The lowest BCUT2D eigenvalue weighted by molar-refractivity contribution is 0.0320. The van der Waals surface area contributed by atoms with Gasteiger partial charge in [0.25, 0.3) is 0 Å². The highest BCUT2D eigenvalue weighted by molar-refractivity contribution is 5.79. The minimum atomic E-state index is 0.269. The molecule has 1 fully saturated rings. The molecule has 3 rings (SSSR count). The number of ether oxygens (including phenoxy) is 1. The molecule has 1 N–H and O–H groups in total. The molecule has 1 aliphatic rings. The lowest BCUT2D eigenvalue weighted by Crippen LogP contribution is -2.32. The van der Waals surface area contributed by atoms with E-state index < -0.39 is 0 Å². The Kier molecular flexibility index (Phi) is 4.22. The molecular weight excluding hydrogens is 260 g/mol. The van der Waals surface area contributed by atoms with Gasteiger partial charge in [0.2, 0.25) is 0 Å². The Morgan fingerprint density at radius 1 is 1.29 bits per heavy atom. The summed E-state index contributed by atoms with van der Waals surface area (Å²) in [7, 11) is 0. The molecule has 2 aromatic rings. The number of likely N-dealkylation sites (N-methyl/N-ethyl adjacent to an activating group) is 1. The van der Waals surface area contributed by atoms with E-state index in [2.05, 4.69) is 54.5 Å². The Morgan fingerprint density at radius 2 is 2.14 bits per heavy atom. The summed E-state index contributed by atoms with van der Waals surface area (Å²) in [5.41, 5.74) is 3.43. The molecule has 2 heterocycles. The van der Waals surface area contributed by atoms with E-state index in [1.807, 2.05) is 6.92 Å². The second-order valence-corrected chi connectivity index (χ2v) is 6.00. The maximum absolute atomic E-state index is 6.08. The van der Waals surface area contributed by atoms with Gasteiger partial charge in [-0.3, -0.25) is 4.98 Å². The molecule has 1 aliphatic heterocycles. The summed E-state index contributed by atoms with van der Waals surface area (Å²) in [6.45, 7) is 7.29. The Balaban J connectivity index is 1.93.